The van der Waals surface area contributed by atoms with E-state index in [1.807, 2.05) is 0 Å². The molecule has 6 nitrogen and oxygen atoms in total. The largest absolute Gasteiger partial charge is 0.357 e. The smallest absolute Gasteiger partial charge is 0.211 e. The SMILES string of the molecule is CCNC(=NCC1CCN(S(C)(=O)=O)CC1)NC(C)CCC(C)(C)C.I. The second-order valence-electron chi connectivity index (χ2n) is 8.47. The zero-order valence-corrected chi connectivity index (χ0v) is 20.5. The van der Waals surface area contributed by atoms with Crippen LogP contribution in [0.25, 0.3) is 0 Å². The first-order valence-corrected chi connectivity index (χ1v) is 11.4. The molecule has 0 aromatic rings. The van der Waals surface area contributed by atoms with Gasteiger partial charge >= 0.3 is 0 Å². The minimum Gasteiger partial charge on any atom is -0.357 e. The number of sulfonamides is 1. The highest BCUT2D eigenvalue weighted by Gasteiger charge is 2.24. The highest BCUT2D eigenvalue weighted by atomic mass is 127. The van der Waals surface area contributed by atoms with Crippen LogP contribution in [0.1, 0.15) is 60.3 Å². The molecular formula is C18H39IN4O2S. The second kappa shape index (κ2) is 11.7. The van der Waals surface area contributed by atoms with Crippen molar-refractivity contribution in [3.8, 4) is 0 Å². The van der Waals surface area contributed by atoms with Crippen molar-refractivity contribution in [3.05, 3.63) is 0 Å². The fourth-order valence-electron chi connectivity index (χ4n) is 2.92. The Balaban J connectivity index is 0.00000625. The van der Waals surface area contributed by atoms with Gasteiger partial charge < -0.3 is 10.6 Å². The fraction of sp³-hybridized carbons (Fsp3) is 0.944. The van der Waals surface area contributed by atoms with Crippen LogP contribution >= 0.6 is 24.0 Å². The third-order valence-electron chi connectivity index (χ3n) is 4.60. The Kier molecular flexibility index (Phi) is 11.6. The molecule has 1 unspecified atom stereocenters. The normalized spacial score (nSPS) is 18.9. The van der Waals surface area contributed by atoms with E-state index in [4.69, 9.17) is 4.99 Å². The first kappa shape index (κ1) is 25.9. The zero-order chi connectivity index (χ0) is 19.1. The molecule has 0 saturated carbocycles. The van der Waals surface area contributed by atoms with Gasteiger partial charge in [-0.2, -0.15) is 0 Å². The lowest BCUT2D eigenvalue weighted by atomic mass is 9.89. The van der Waals surface area contributed by atoms with Crippen LogP contribution in [0.5, 0.6) is 0 Å². The highest BCUT2D eigenvalue weighted by molar-refractivity contribution is 14.0. The summed E-state index contributed by atoms with van der Waals surface area (Å²) in [4.78, 5) is 4.74. The summed E-state index contributed by atoms with van der Waals surface area (Å²) >= 11 is 0. The van der Waals surface area contributed by atoms with E-state index in [0.29, 0.717) is 30.5 Å². The Labute approximate surface area is 178 Å². The molecule has 0 bridgehead atoms. The van der Waals surface area contributed by atoms with Gasteiger partial charge in [0.05, 0.1) is 6.26 Å². The van der Waals surface area contributed by atoms with Gasteiger partial charge in [0.1, 0.15) is 0 Å². The molecule has 0 aromatic carbocycles. The molecule has 0 aliphatic carbocycles. The van der Waals surface area contributed by atoms with Crippen LogP contribution in [0.15, 0.2) is 4.99 Å². The highest BCUT2D eigenvalue weighted by Crippen LogP contribution is 2.21. The van der Waals surface area contributed by atoms with Crippen LogP contribution in [0.2, 0.25) is 0 Å². The minimum atomic E-state index is -3.05. The van der Waals surface area contributed by atoms with Crippen LogP contribution in [0.3, 0.4) is 0 Å². The van der Waals surface area contributed by atoms with Crippen LogP contribution in [-0.4, -0.2) is 57.2 Å². The number of hydrogen-bond acceptors (Lipinski definition) is 3. The number of halogens is 1. The van der Waals surface area contributed by atoms with Crippen molar-refractivity contribution >= 4 is 40.0 Å². The van der Waals surface area contributed by atoms with Gasteiger partial charge in [-0.3, -0.25) is 4.99 Å². The van der Waals surface area contributed by atoms with E-state index in [2.05, 4.69) is 45.3 Å². The van der Waals surface area contributed by atoms with E-state index in [-0.39, 0.29) is 24.0 Å². The standard InChI is InChI=1S/C18H38N4O2S.HI/c1-7-19-17(21-15(2)8-11-18(3,4)5)20-14-16-9-12-22(13-10-16)25(6,23)24;/h15-16H,7-14H2,1-6H3,(H2,19,20,21);1H. The maximum atomic E-state index is 11.6. The van der Waals surface area contributed by atoms with Gasteiger partial charge in [-0.1, -0.05) is 20.8 Å². The first-order chi connectivity index (χ1) is 11.5. The van der Waals surface area contributed by atoms with Crippen molar-refractivity contribution in [1.82, 2.24) is 14.9 Å². The van der Waals surface area contributed by atoms with Gasteiger partial charge in [0.25, 0.3) is 0 Å². The minimum absolute atomic E-state index is 0. The van der Waals surface area contributed by atoms with E-state index in [0.717, 1.165) is 38.3 Å². The number of guanidine groups is 1. The van der Waals surface area contributed by atoms with Crippen LogP contribution < -0.4 is 10.6 Å². The van der Waals surface area contributed by atoms with E-state index >= 15 is 0 Å². The average Bonchev–Trinajstić information content (AvgIpc) is 2.50. The summed E-state index contributed by atoms with van der Waals surface area (Å²) in [7, 11) is -3.05. The van der Waals surface area contributed by atoms with E-state index in [9.17, 15) is 8.42 Å². The van der Waals surface area contributed by atoms with Crippen molar-refractivity contribution in [2.45, 2.75) is 66.3 Å². The predicted octanol–water partition coefficient (Wildman–Crippen LogP) is 3.05. The quantitative estimate of drug-likeness (QED) is 0.319. The average molecular weight is 503 g/mol. The van der Waals surface area contributed by atoms with E-state index in [1.54, 1.807) is 4.31 Å². The lowest BCUT2D eigenvalue weighted by Gasteiger charge is -2.29. The van der Waals surface area contributed by atoms with Gasteiger partial charge in [-0.05, 0) is 50.9 Å². The molecule has 1 atom stereocenters. The zero-order valence-electron chi connectivity index (χ0n) is 17.3. The molecule has 1 rings (SSSR count). The molecule has 1 saturated heterocycles. The van der Waals surface area contributed by atoms with Crippen LogP contribution in [0.4, 0.5) is 0 Å². The number of hydrogen-bond donors (Lipinski definition) is 2. The maximum absolute atomic E-state index is 11.6. The van der Waals surface area contributed by atoms with Crippen molar-refractivity contribution in [1.29, 1.82) is 0 Å². The molecule has 0 radical (unpaired) electrons. The third kappa shape index (κ3) is 10.9. The summed E-state index contributed by atoms with van der Waals surface area (Å²) in [6, 6.07) is 0.379. The molecule has 2 N–H and O–H groups in total. The fourth-order valence-corrected chi connectivity index (χ4v) is 3.79. The third-order valence-corrected chi connectivity index (χ3v) is 5.91. The summed E-state index contributed by atoms with van der Waals surface area (Å²) in [6.45, 7) is 13.9. The van der Waals surface area contributed by atoms with Crippen molar-refractivity contribution in [3.63, 3.8) is 0 Å². The second-order valence-corrected chi connectivity index (χ2v) is 10.5. The summed E-state index contributed by atoms with van der Waals surface area (Å²) < 4.78 is 24.7. The lowest BCUT2D eigenvalue weighted by Crippen LogP contribution is -2.43. The number of aliphatic imine (C=N–C) groups is 1. The molecular weight excluding hydrogens is 463 g/mol. The summed E-state index contributed by atoms with van der Waals surface area (Å²) in [6.07, 6.45) is 5.34. The van der Waals surface area contributed by atoms with E-state index < -0.39 is 10.0 Å². The van der Waals surface area contributed by atoms with E-state index in [1.165, 1.54) is 12.7 Å². The predicted molar refractivity (Wildman–Crippen MR) is 122 cm³/mol. The van der Waals surface area contributed by atoms with Gasteiger partial charge in [0, 0.05) is 32.2 Å². The number of piperidine rings is 1. The Hall–Kier alpha value is -0.0900. The van der Waals surface area contributed by atoms with Crippen LogP contribution in [-0.2, 0) is 10.0 Å². The number of rotatable bonds is 7. The molecule has 156 valence electrons. The van der Waals surface area contributed by atoms with Gasteiger partial charge in [-0.25, -0.2) is 12.7 Å². The molecule has 0 aromatic heterocycles. The van der Waals surface area contributed by atoms with Gasteiger partial charge in [0.2, 0.25) is 10.0 Å². The Morgan fingerprint density at radius 3 is 2.31 bits per heavy atom. The van der Waals surface area contributed by atoms with Crippen molar-refractivity contribution in [2.24, 2.45) is 16.3 Å². The molecule has 0 amide bonds. The molecule has 1 aliphatic rings. The molecule has 1 aliphatic heterocycles. The van der Waals surface area contributed by atoms with Crippen molar-refractivity contribution in [2.75, 3.05) is 32.4 Å². The van der Waals surface area contributed by atoms with Crippen LogP contribution in [0, 0.1) is 11.3 Å². The summed E-state index contributed by atoms with van der Waals surface area (Å²) in [5, 5.41) is 6.81. The molecule has 1 heterocycles. The monoisotopic (exact) mass is 502 g/mol. The topological polar surface area (TPSA) is 73.8 Å². The molecule has 26 heavy (non-hydrogen) atoms. The Morgan fingerprint density at radius 1 is 1.27 bits per heavy atom. The Morgan fingerprint density at radius 2 is 1.85 bits per heavy atom. The van der Waals surface area contributed by atoms with Gasteiger partial charge in [-0.15, -0.1) is 24.0 Å². The first-order valence-electron chi connectivity index (χ1n) is 9.51. The molecule has 0 spiro atoms. The van der Waals surface area contributed by atoms with Gasteiger partial charge in [0.15, 0.2) is 5.96 Å². The summed E-state index contributed by atoms with van der Waals surface area (Å²) in [5.74, 6) is 1.33. The number of nitrogens with one attached hydrogen (secondary N) is 2. The Bertz CT molecular complexity index is 524. The van der Waals surface area contributed by atoms with Crippen molar-refractivity contribution < 1.29 is 8.42 Å². The molecule has 8 heteroatoms. The lowest BCUT2D eigenvalue weighted by molar-refractivity contribution is 0.280. The number of nitrogens with zero attached hydrogens (tertiary/aromatic N) is 2. The molecule has 1 fully saturated rings. The maximum Gasteiger partial charge on any atom is 0.211 e. The summed E-state index contributed by atoms with van der Waals surface area (Å²) in [5.41, 5.74) is 0.346.